The number of carbonyl (C=O) groups excluding carboxylic acids is 2. The summed E-state index contributed by atoms with van der Waals surface area (Å²) >= 11 is 1.14. The lowest BCUT2D eigenvalue weighted by Crippen LogP contribution is -2.71. The fourth-order valence-electron chi connectivity index (χ4n) is 2.88. The molecule has 2 amide bonds. The molecule has 3 heterocycles. The molecule has 2 aliphatic rings. The summed E-state index contributed by atoms with van der Waals surface area (Å²) in [6.45, 7) is 0. The number of carbonyl (C=O) groups is 3. The highest BCUT2D eigenvalue weighted by molar-refractivity contribution is 7.13. The van der Waals surface area contributed by atoms with Gasteiger partial charge in [0.2, 0.25) is 0 Å². The van der Waals surface area contributed by atoms with Crippen LogP contribution in [-0.2, 0) is 19.2 Å². The Balaban J connectivity index is 1.75. The van der Waals surface area contributed by atoms with Gasteiger partial charge in [0.05, 0.1) is 6.04 Å². The number of rotatable bonds is 5. The van der Waals surface area contributed by atoms with Crippen LogP contribution in [0.15, 0.2) is 22.3 Å². The molecule has 0 unspecified atom stereocenters. The zero-order valence-electron chi connectivity index (χ0n) is 13.1. The zero-order chi connectivity index (χ0) is 18.1. The molecule has 1 aromatic heterocycles. The lowest BCUT2D eigenvalue weighted by Gasteiger charge is -2.48. The first kappa shape index (κ1) is 16.9. The molecule has 10 nitrogen and oxygen atoms in total. The van der Waals surface area contributed by atoms with Gasteiger partial charge in [-0.1, -0.05) is 11.2 Å². The number of amides is 2. The van der Waals surface area contributed by atoms with Gasteiger partial charge in [-0.25, -0.2) is 9.78 Å². The van der Waals surface area contributed by atoms with Crippen molar-refractivity contribution in [3.63, 3.8) is 0 Å². The molecule has 0 radical (unpaired) electrons. The van der Waals surface area contributed by atoms with Crippen LogP contribution in [0.5, 0.6) is 0 Å². The minimum Gasteiger partial charge on any atom is -0.477 e. The lowest BCUT2D eigenvalue weighted by atomic mass is 9.86. The third-order valence-electron chi connectivity index (χ3n) is 3.95. The van der Waals surface area contributed by atoms with E-state index < -0.39 is 29.9 Å². The van der Waals surface area contributed by atoms with Crippen molar-refractivity contribution in [1.29, 1.82) is 0 Å². The van der Waals surface area contributed by atoms with Crippen molar-refractivity contribution in [2.24, 2.45) is 5.16 Å². The Morgan fingerprint density at radius 1 is 1.56 bits per heavy atom. The number of nitrogen functional groups attached to an aromatic ring is 1. The van der Waals surface area contributed by atoms with Gasteiger partial charge < -0.3 is 21.0 Å². The van der Waals surface area contributed by atoms with Gasteiger partial charge in [0.1, 0.15) is 24.5 Å². The van der Waals surface area contributed by atoms with E-state index >= 15 is 0 Å². The molecule has 0 aliphatic carbocycles. The average molecular weight is 365 g/mol. The van der Waals surface area contributed by atoms with E-state index in [-0.39, 0.29) is 22.2 Å². The summed E-state index contributed by atoms with van der Waals surface area (Å²) in [5.74, 6) is -2.28. The Kier molecular flexibility index (Phi) is 4.40. The number of carboxylic acid groups (broad SMARTS) is 1. The highest BCUT2D eigenvalue weighted by Crippen LogP contribution is 2.33. The number of hydrogen-bond acceptors (Lipinski definition) is 8. The maximum absolute atomic E-state index is 12.5. The van der Waals surface area contributed by atoms with E-state index in [1.807, 2.05) is 0 Å². The SMILES string of the molecule is CO/N=C(/C(=O)N[C@@H]1C(=O)N2C(C(=O)O)=CCC[C@H]12)c1csc(N)n1. The van der Waals surface area contributed by atoms with E-state index in [4.69, 9.17) is 10.8 Å². The average Bonchev–Trinajstić information content (AvgIpc) is 3.02. The summed E-state index contributed by atoms with van der Waals surface area (Å²) in [7, 11) is 1.28. The van der Waals surface area contributed by atoms with Gasteiger partial charge in [-0.15, -0.1) is 11.3 Å². The van der Waals surface area contributed by atoms with Gasteiger partial charge in [-0.2, -0.15) is 0 Å². The van der Waals surface area contributed by atoms with E-state index in [9.17, 15) is 14.4 Å². The number of allylic oxidation sites excluding steroid dienone is 1. The van der Waals surface area contributed by atoms with Crippen LogP contribution in [-0.4, -0.2) is 57.7 Å². The molecular weight excluding hydrogens is 350 g/mol. The largest absolute Gasteiger partial charge is 0.477 e. The van der Waals surface area contributed by atoms with Crippen molar-refractivity contribution in [1.82, 2.24) is 15.2 Å². The second-order valence-corrected chi connectivity index (χ2v) is 6.28. The number of nitrogens with one attached hydrogen (secondary N) is 1. The molecule has 132 valence electrons. The molecule has 2 aliphatic heterocycles. The summed E-state index contributed by atoms with van der Waals surface area (Å²) in [5, 5.41) is 17.2. The maximum Gasteiger partial charge on any atom is 0.352 e. The molecule has 0 spiro atoms. The number of β-lactam (4-membered cyclic amide) rings is 1. The summed E-state index contributed by atoms with van der Waals surface area (Å²) < 4.78 is 0. The molecule has 3 rings (SSSR count). The van der Waals surface area contributed by atoms with E-state index in [2.05, 4.69) is 20.3 Å². The first-order valence-corrected chi connectivity index (χ1v) is 8.22. The molecule has 0 bridgehead atoms. The van der Waals surface area contributed by atoms with Crippen molar-refractivity contribution in [3.05, 3.63) is 22.8 Å². The van der Waals surface area contributed by atoms with Crippen LogP contribution >= 0.6 is 11.3 Å². The van der Waals surface area contributed by atoms with E-state index in [1.54, 1.807) is 5.38 Å². The molecule has 1 saturated heterocycles. The monoisotopic (exact) mass is 365 g/mol. The van der Waals surface area contributed by atoms with Crippen LogP contribution < -0.4 is 11.1 Å². The third kappa shape index (κ3) is 2.93. The quantitative estimate of drug-likeness (QED) is 0.363. The number of anilines is 1. The second-order valence-electron chi connectivity index (χ2n) is 5.39. The van der Waals surface area contributed by atoms with E-state index in [0.717, 1.165) is 11.3 Å². The third-order valence-corrected chi connectivity index (χ3v) is 4.62. The number of nitrogens with zero attached hydrogens (tertiary/aromatic N) is 3. The molecule has 11 heteroatoms. The summed E-state index contributed by atoms with van der Waals surface area (Å²) in [5.41, 5.74) is 5.64. The van der Waals surface area contributed by atoms with Gasteiger partial charge in [0.15, 0.2) is 10.8 Å². The number of hydrogen-bond donors (Lipinski definition) is 3. The van der Waals surface area contributed by atoms with Crippen LogP contribution in [0.2, 0.25) is 0 Å². The molecule has 1 fully saturated rings. The number of thiazole rings is 1. The van der Waals surface area contributed by atoms with E-state index in [0.29, 0.717) is 12.8 Å². The molecule has 0 aromatic carbocycles. The predicted octanol–water partition coefficient (Wildman–Crippen LogP) is -0.466. The van der Waals surface area contributed by atoms with Crippen LogP contribution in [0.1, 0.15) is 18.5 Å². The topological polar surface area (TPSA) is 147 Å². The van der Waals surface area contributed by atoms with Crippen LogP contribution in [0, 0.1) is 0 Å². The van der Waals surface area contributed by atoms with Crippen LogP contribution in [0.4, 0.5) is 5.13 Å². The number of aromatic nitrogens is 1. The normalized spacial score (nSPS) is 22.6. The van der Waals surface area contributed by atoms with Crippen molar-refractivity contribution in [2.75, 3.05) is 12.8 Å². The van der Waals surface area contributed by atoms with Gasteiger partial charge in [-0.05, 0) is 12.8 Å². The Hall–Kier alpha value is -2.95. The number of carboxylic acids is 1. The summed E-state index contributed by atoms with van der Waals surface area (Å²) in [6.07, 6.45) is 2.59. The molecule has 0 saturated carbocycles. The Labute approximate surface area is 145 Å². The van der Waals surface area contributed by atoms with Crippen LogP contribution in [0.3, 0.4) is 0 Å². The van der Waals surface area contributed by atoms with Crippen LogP contribution in [0.25, 0.3) is 0 Å². The number of fused-ring (bicyclic) bond motifs is 1. The Morgan fingerprint density at radius 2 is 2.32 bits per heavy atom. The minimum atomic E-state index is -1.16. The molecule has 2 atom stereocenters. The van der Waals surface area contributed by atoms with Gasteiger partial charge in [-0.3, -0.25) is 14.5 Å². The van der Waals surface area contributed by atoms with Crippen molar-refractivity contribution < 1.29 is 24.3 Å². The Morgan fingerprint density at radius 3 is 2.92 bits per heavy atom. The summed E-state index contributed by atoms with van der Waals surface area (Å²) in [4.78, 5) is 45.8. The molecule has 1 aromatic rings. The fourth-order valence-corrected chi connectivity index (χ4v) is 3.42. The van der Waals surface area contributed by atoms with Gasteiger partial charge >= 0.3 is 5.97 Å². The first-order chi connectivity index (χ1) is 11.9. The number of nitrogens with two attached hydrogens (primary N) is 1. The maximum atomic E-state index is 12.5. The van der Waals surface area contributed by atoms with E-state index in [1.165, 1.54) is 18.1 Å². The zero-order valence-corrected chi connectivity index (χ0v) is 13.9. The first-order valence-electron chi connectivity index (χ1n) is 7.34. The van der Waals surface area contributed by atoms with Gasteiger partial charge in [0, 0.05) is 5.38 Å². The number of aliphatic carboxylic acids is 1. The fraction of sp³-hybridized carbons (Fsp3) is 0.357. The minimum absolute atomic E-state index is 0.0511. The molecule has 25 heavy (non-hydrogen) atoms. The standard InChI is InChI=1S/C14H15N5O5S/c1-24-18-9(6-5-25-14(15)16-6)11(20)17-10-7-3-2-4-8(13(22)23)19(7)12(10)21/h4-5,7,10H,2-3H2,1H3,(H2,15,16)(H,17,20)(H,22,23)/b18-9+/t7-,10+/m1/s1. The van der Waals surface area contributed by atoms with Crippen molar-refractivity contribution >= 4 is 40.0 Å². The molecular formula is C14H15N5O5S. The number of oxime groups is 1. The van der Waals surface area contributed by atoms with Crippen molar-refractivity contribution in [3.8, 4) is 0 Å². The highest BCUT2D eigenvalue weighted by atomic mass is 32.1. The Bertz CT molecular complexity index is 801. The molecule has 4 N–H and O–H groups in total. The van der Waals surface area contributed by atoms with Gasteiger partial charge in [0.25, 0.3) is 11.8 Å². The lowest BCUT2D eigenvalue weighted by molar-refractivity contribution is -0.155. The summed E-state index contributed by atoms with van der Waals surface area (Å²) in [6, 6.07) is -1.20. The van der Waals surface area contributed by atoms with Crippen molar-refractivity contribution in [2.45, 2.75) is 24.9 Å². The second kappa shape index (κ2) is 6.51. The predicted molar refractivity (Wildman–Crippen MR) is 87.6 cm³/mol. The smallest absolute Gasteiger partial charge is 0.352 e. The highest BCUT2D eigenvalue weighted by Gasteiger charge is 2.52.